The van der Waals surface area contributed by atoms with E-state index in [1.165, 1.54) is 4.68 Å². The van der Waals surface area contributed by atoms with Crippen molar-refractivity contribution in [2.24, 2.45) is 0 Å². The van der Waals surface area contributed by atoms with Crippen LogP contribution in [0, 0.1) is 0 Å². The average molecular weight is 338 g/mol. The lowest BCUT2D eigenvalue weighted by atomic mass is 10.1. The molecular formula is C19H22N4O2. The molecule has 1 aromatic rings. The first-order valence-corrected chi connectivity index (χ1v) is 8.62. The summed E-state index contributed by atoms with van der Waals surface area (Å²) in [6, 6.07) is 9.23. The van der Waals surface area contributed by atoms with Crippen LogP contribution in [0.4, 0.5) is 0 Å². The zero-order valence-electron chi connectivity index (χ0n) is 14.5. The van der Waals surface area contributed by atoms with Crippen molar-refractivity contribution in [3.8, 4) is 16.9 Å². The number of aryl methyl sites for hydroxylation is 1. The molecule has 1 N–H and O–H groups in total. The molecule has 6 heteroatoms. The lowest BCUT2D eigenvalue weighted by molar-refractivity contribution is 0.0952. The van der Waals surface area contributed by atoms with Crippen molar-refractivity contribution in [3.63, 3.8) is 0 Å². The number of nitrogens with zero attached hydrogens (tertiary/aromatic N) is 3. The number of nitrogens with one attached hydrogen (secondary N) is 1. The minimum absolute atomic E-state index is 0.195. The maximum absolute atomic E-state index is 12.8. The molecule has 0 aliphatic carbocycles. The number of aromatic nitrogens is 3. The van der Waals surface area contributed by atoms with Crippen LogP contribution in [0.25, 0.3) is 16.9 Å². The smallest absolute Gasteiger partial charge is 0.282 e. The highest BCUT2D eigenvalue weighted by Crippen LogP contribution is 2.22. The van der Waals surface area contributed by atoms with Gasteiger partial charge in [-0.1, -0.05) is 31.5 Å². The number of unbranched alkanes of at least 4 members (excludes halogenated alkanes) is 1. The third-order valence-corrected chi connectivity index (χ3v) is 4.15. The van der Waals surface area contributed by atoms with E-state index in [9.17, 15) is 9.59 Å². The van der Waals surface area contributed by atoms with Crippen LogP contribution < -0.4 is 10.9 Å². The summed E-state index contributed by atoms with van der Waals surface area (Å²) >= 11 is 0. The fourth-order valence-corrected chi connectivity index (χ4v) is 2.73. The maximum atomic E-state index is 12.8. The molecule has 0 atom stereocenters. The van der Waals surface area contributed by atoms with Crippen molar-refractivity contribution >= 4 is 5.91 Å². The topological polar surface area (TPSA) is 68.9 Å². The highest BCUT2D eigenvalue weighted by Gasteiger charge is 2.24. The highest BCUT2D eigenvalue weighted by molar-refractivity contribution is 5.99. The highest BCUT2D eigenvalue weighted by atomic mass is 16.2. The first kappa shape index (κ1) is 17.0. The fraction of sp³-hybridized carbons (Fsp3) is 0.316. The molecule has 1 aromatic carbocycles. The van der Waals surface area contributed by atoms with Crippen LogP contribution in [0.5, 0.6) is 0 Å². The Labute approximate surface area is 146 Å². The van der Waals surface area contributed by atoms with Gasteiger partial charge in [-0.05, 0) is 25.5 Å². The molecular weight excluding hydrogens is 316 g/mol. The number of hydrogen-bond acceptors (Lipinski definition) is 3. The van der Waals surface area contributed by atoms with E-state index >= 15 is 0 Å². The molecule has 6 nitrogen and oxygen atoms in total. The minimum atomic E-state index is -0.216. The monoisotopic (exact) mass is 338 g/mol. The van der Waals surface area contributed by atoms with Crippen molar-refractivity contribution in [1.29, 1.82) is 0 Å². The van der Waals surface area contributed by atoms with Crippen LogP contribution in [-0.2, 0) is 6.54 Å². The van der Waals surface area contributed by atoms with Crippen LogP contribution in [0.15, 0.2) is 47.5 Å². The van der Waals surface area contributed by atoms with Crippen LogP contribution >= 0.6 is 0 Å². The van der Waals surface area contributed by atoms with Gasteiger partial charge in [0.05, 0.1) is 16.8 Å². The molecule has 25 heavy (non-hydrogen) atoms. The number of hydrogen-bond donors (Lipinski definition) is 1. The molecule has 0 saturated carbocycles. The van der Waals surface area contributed by atoms with Crippen LogP contribution in [0.1, 0.15) is 37.0 Å². The van der Waals surface area contributed by atoms with Gasteiger partial charge >= 0.3 is 0 Å². The Morgan fingerprint density at radius 3 is 2.60 bits per heavy atom. The number of rotatable bonds is 6. The number of carbonyl (C=O) groups excluding carboxylic acids is 1. The molecule has 0 unspecified atom stereocenters. The molecule has 0 bridgehead atoms. The van der Waals surface area contributed by atoms with Gasteiger partial charge in [-0.2, -0.15) is 9.78 Å². The summed E-state index contributed by atoms with van der Waals surface area (Å²) in [4.78, 5) is 25.4. The van der Waals surface area contributed by atoms with E-state index in [-0.39, 0.29) is 11.5 Å². The number of pyridine rings is 1. The van der Waals surface area contributed by atoms with Crippen LogP contribution in [0.3, 0.4) is 0 Å². The van der Waals surface area contributed by atoms with E-state index in [1.807, 2.05) is 41.8 Å². The molecule has 0 fully saturated rings. The zero-order valence-corrected chi connectivity index (χ0v) is 14.5. The van der Waals surface area contributed by atoms with Crippen molar-refractivity contribution < 1.29 is 4.79 Å². The van der Waals surface area contributed by atoms with Gasteiger partial charge in [-0.15, -0.1) is 0 Å². The Kier molecular flexibility index (Phi) is 4.97. The van der Waals surface area contributed by atoms with Gasteiger partial charge in [0.15, 0.2) is 0 Å². The lowest BCUT2D eigenvalue weighted by Crippen LogP contribution is -2.26. The predicted molar refractivity (Wildman–Crippen MR) is 97.4 cm³/mol. The minimum Gasteiger partial charge on any atom is -0.353 e. The molecule has 0 aromatic heterocycles. The second-order valence-corrected chi connectivity index (χ2v) is 5.93. The third-order valence-electron chi connectivity index (χ3n) is 4.15. The summed E-state index contributed by atoms with van der Waals surface area (Å²) in [5.41, 5.74) is 1.79. The van der Waals surface area contributed by atoms with Gasteiger partial charge in [0.25, 0.3) is 11.5 Å². The maximum Gasteiger partial charge on any atom is 0.282 e. The van der Waals surface area contributed by atoms with Gasteiger partial charge in [0.1, 0.15) is 5.69 Å². The van der Waals surface area contributed by atoms with Crippen molar-refractivity contribution in [2.45, 2.75) is 33.2 Å². The first-order valence-electron chi connectivity index (χ1n) is 8.62. The molecule has 0 radical (unpaired) electrons. The Hall–Kier alpha value is -2.89. The second kappa shape index (κ2) is 7.34. The second-order valence-electron chi connectivity index (χ2n) is 5.93. The molecule has 2 heterocycles. The largest absolute Gasteiger partial charge is 0.353 e. The third kappa shape index (κ3) is 3.33. The summed E-state index contributed by atoms with van der Waals surface area (Å²) in [5.74, 6) is -0.195. The normalized spacial score (nSPS) is 11.0. The molecule has 2 aliphatic rings. The molecule has 3 rings (SSSR count). The SMILES string of the molecule is CCCCNC(=O)c1cn(CC)cc2c(=O)n(-c3ccccc3)nc1-2. The van der Waals surface area contributed by atoms with E-state index in [2.05, 4.69) is 17.3 Å². The fourth-order valence-electron chi connectivity index (χ4n) is 2.73. The van der Waals surface area contributed by atoms with Crippen molar-refractivity contribution in [2.75, 3.05) is 6.54 Å². The summed E-state index contributed by atoms with van der Waals surface area (Å²) in [5, 5.41) is 7.35. The van der Waals surface area contributed by atoms with E-state index in [0.29, 0.717) is 35.6 Å². The van der Waals surface area contributed by atoms with Crippen molar-refractivity contribution in [3.05, 3.63) is 58.6 Å². The van der Waals surface area contributed by atoms with E-state index in [1.54, 1.807) is 12.4 Å². The Morgan fingerprint density at radius 1 is 1.16 bits per heavy atom. The Balaban J connectivity index is 2.11. The van der Waals surface area contributed by atoms with Gasteiger partial charge < -0.3 is 9.88 Å². The summed E-state index contributed by atoms with van der Waals surface area (Å²) in [7, 11) is 0. The van der Waals surface area contributed by atoms with Crippen molar-refractivity contribution in [1.82, 2.24) is 19.7 Å². The zero-order chi connectivity index (χ0) is 17.8. The van der Waals surface area contributed by atoms with Gasteiger partial charge in [0.2, 0.25) is 0 Å². The van der Waals surface area contributed by atoms with Gasteiger partial charge in [-0.3, -0.25) is 9.59 Å². The predicted octanol–water partition coefficient (Wildman–Crippen LogP) is 2.69. The quantitative estimate of drug-likeness (QED) is 0.703. The molecule has 130 valence electrons. The number of para-hydroxylation sites is 1. The standard InChI is InChI=1S/C19H22N4O2/c1-3-5-11-20-18(24)15-12-22(4-2)13-16-17(15)21-23(19(16)25)14-9-7-6-8-10-14/h6-10,12-13H,3-5,11H2,1-2H3,(H,20,24). The number of fused-ring (bicyclic) bond motifs is 1. The van der Waals surface area contributed by atoms with Gasteiger partial charge in [0, 0.05) is 25.5 Å². The number of carbonyl (C=O) groups is 1. The Morgan fingerprint density at radius 2 is 1.92 bits per heavy atom. The van der Waals surface area contributed by atoms with Crippen LogP contribution in [-0.4, -0.2) is 26.8 Å². The molecule has 0 spiro atoms. The van der Waals surface area contributed by atoms with Gasteiger partial charge in [-0.25, -0.2) is 0 Å². The van der Waals surface area contributed by atoms with E-state index in [0.717, 1.165) is 12.8 Å². The van der Waals surface area contributed by atoms with E-state index < -0.39 is 0 Å². The molecule has 1 amide bonds. The molecule has 2 aliphatic heterocycles. The summed E-state index contributed by atoms with van der Waals surface area (Å²) in [6.45, 7) is 5.32. The first-order chi connectivity index (χ1) is 12.2. The van der Waals surface area contributed by atoms with E-state index in [4.69, 9.17) is 0 Å². The summed E-state index contributed by atoms with van der Waals surface area (Å²) < 4.78 is 3.20. The molecule has 0 saturated heterocycles. The number of amides is 1. The van der Waals surface area contributed by atoms with Crippen LogP contribution in [0.2, 0.25) is 0 Å². The number of benzene rings is 1. The average Bonchev–Trinajstić information content (AvgIpc) is 2.98. The lowest BCUT2D eigenvalue weighted by Gasteiger charge is -2.11. The summed E-state index contributed by atoms with van der Waals surface area (Å²) in [6.07, 6.45) is 5.44. The Bertz CT molecular complexity index is 896.